The lowest BCUT2D eigenvalue weighted by molar-refractivity contribution is -0.122. The Morgan fingerprint density at radius 2 is 2.21 bits per heavy atom. The van der Waals surface area contributed by atoms with E-state index in [2.05, 4.69) is 22.5 Å². The lowest BCUT2D eigenvalue weighted by atomic mass is 9.90. The van der Waals surface area contributed by atoms with Gasteiger partial charge in [-0.15, -0.1) is 0 Å². The van der Waals surface area contributed by atoms with Crippen LogP contribution in [-0.4, -0.2) is 44.0 Å². The Morgan fingerprint density at radius 1 is 1.47 bits per heavy atom. The lowest BCUT2D eigenvalue weighted by Crippen LogP contribution is -2.41. The van der Waals surface area contributed by atoms with E-state index in [1.54, 1.807) is 0 Å². The number of fused-ring (bicyclic) bond motifs is 1. The Labute approximate surface area is 115 Å². The van der Waals surface area contributed by atoms with Crippen molar-refractivity contribution in [2.45, 2.75) is 25.3 Å². The van der Waals surface area contributed by atoms with Crippen LogP contribution in [0.2, 0.25) is 0 Å². The molecule has 0 spiro atoms. The number of carbonyl (C=O) groups is 1. The third-order valence-corrected chi connectivity index (χ3v) is 3.85. The van der Waals surface area contributed by atoms with E-state index in [0.29, 0.717) is 12.6 Å². The molecule has 2 N–H and O–H groups in total. The first-order chi connectivity index (χ1) is 9.09. The van der Waals surface area contributed by atoms with Gasteiger partial charge >= 0.3 is 0 Å². The van der Waals surface area contributed by atoms with E-state index >= 15 is 0 Å². The summed E-state index contributed by atoms with van der Waals surface area (Å²) in [5.74, 6) is 0.120. The van der Waals surface area contributed by atoms with E-state index in [1.807, 2.05) is 38.4 Å². The third-order valence-electron chi connectivity index (χ3n) is 3.85. The van der Waals surface area contributed by atoms with Crippen LogP contribution in [0.15, 0.2) is 24.3 Å². The topological polar surface area (TPSA) is 44.4 Å². The molecular formula is C15H23N3O. The molecule has 4 heteroatoms. The largest absolute Gasteiger partial charge is 0.385 e. The normalized spacial score (nSPS) is 19.5. The fraction of sp³-hybridized carbons (Fsp3) is 0.533. The number of benzene rings is 1. The van der Waals surface area contributed by atoms with E-state index in [0.717, 1.165) is 24.2 Å². The molecule has 1 aliphatic heterocycles. The van der Waals surface area contributed by atoms with Crippen molar-refractivity contribution in [1.29, 1.82) is 0 Å². The number of amides is 1. The van der Waals surface area contributed by atoms with Gasteiger partial charge in [0.15, 0.2) is 0 Å². The van der Waals surface area contributed by atoms with Crippen molar-refractivity contribution in [1.82, 2.24) is 10.2 Å². The van der Waals surface area contributed by atoms with Crippen LogP contribution in [0.4, 0.5) is 5.69 Å². The molecule has 104 valence electrons. The lowest BCUT2D eigenvalue weighted by Gasteiger charge is -2.27. The fourth-order valence-electron chi connectivity index (χ4n) is 2.29. The second-order valence-electron chi connectivity index (χ2n) is 5.41. The van der Waals surface area contributed by atoms with Crippen LogP contribution in [-0.2, 0) is 4.79 Å². The van der Waals surface area contributed by atoms with Gasteiger partial charge in [0.2, 0.25) is 5.91 Å². The minimum Gasteiger partial charge on any atom is -0.385 e. The van der Waals surface area contributed by atoms with Gasteiger partial charge < -0.3 is 15.5 Å². The molecule has 0 bridgehead atoms. The van der Waals surface area contributed by atoms with Crippen LogP contribution in [0, 0.1) is 0 Å². The quantitative estimate of drug-likeness (QED) is 0.866. The van der Waals surface area contributed by atoms with E-state index in [1.165, 1.54) is 0 Å². The summed E-state index contributed by atoms with van der Waals surface area (Å²) in [4.78, 5) is 14.4. The average Bonchev–Trinajstić information content (AvgIpc) is 2.43. The summed E-state index contributed by atoms with van der Waals surface area (Å²) in [6.45, 7) is 3.66. The maximum absolute atomic E-state index is 12.3. The number of anilines is 1. The van der Waals surface area contributed by atoms with Crippen molar-refractivity contribution in [2.24, 2.45) is 0 Å². The van der Waals surface area contributed by atoms with Gasteiger partial charge in [-0.05, 0) is 39.1 Å². The highest BCUT2D eigenvalue weighted by atomic mass is 16.1. The molecule has 0 aromatic heterocycles. The van der Waals surface area contributed by atoms with Crippen LogP contribution < -0.4 is 10.6 Å². The second-order valence-corrected chi connectivity index (χ2v) is 5.41. The van der Waals surface area contributed by atoms with Gasteiger partial charge in [-0.1, -0.05) is 18.2 Å². The first-order valence-corrected chi connectivity index (χ1v) is 6.86. The van der Waals surface area contributed by atoms with Crippen molar-refractivity contribution < 1.29 is 4.79 Å². The molecule has 0 aliphatic carbocycles. The fourth-order valence-corrected chi connectivity index (χ4v) is 2.29. The molecule has 1 aliphatic rings. The molecular weight excluding hydrogens is 238 g/mol. The summed E-state index contributed by atoms with van der Waals surface area (Å²) in [5, 5.41) is 6.41. The molecule has 1 amide bonds. The minimum absolute atomic E-state index is 0.0215. The Morgan fingerprint density at radius 3 is 2.95 bits per heavy atom. The van der Waals surface area contributed by atoms with Crippen LogP contribution in [0.1, 0.15) is 24.8 Å². The van der Waals surface area contributed by atoms with Crippen LogP contribution in [0.3, 0.4) is 0 Å². The molecule has 1 aromatic rings. The number of likely N-dealkylation sites (N-methyl/N-ethyl adjacent to an activating group) is 1. The molecule has 1 aromatic carbocycles. The molecule has 19 heavy (non-hydrogen) atoms. The van der Waals surface area contributed by atoms with Gasteiger partial charge in [-0.25, -0.2) is 0 Å². The van der Waals surface area contributed by atoms with Gasteiger partial charge in [-0.2, -0.15) is 0 Å². The monoisotopic (exact) mass is 261 g/mol. The first kappa shape index (κ1) is 13.9. The van der Waals surface area contributed by atoms with Crippen LogP contribution >= 0.6 is 0 Å². The van der Waals surface area contributed by atoms with Crippen molar-refractivity contribution in [3.05, 3.63) is 29.8 Å². The molecule has 0 radical (unpaired) electrons. The Hall–Kier alpha value is -1.55. The maximum Gasteiger partial charge on any atom is 0.227 e. The highest BCUT2D eigenvalue weighted by Gasteiger charge is 2.26. The predicted molar refractivity (Wildman–Crippen MR) is 78.4 cm³/mol. The van der Waals surface area contributed by atoms with Gasteiger partial charge in [0.25, 0.3) is 0 Å². The summed E-state index contributed by atoms with van der Waals surface area (Å²) in [6, 6.07) is 8.42. The zero-order chi connectivity index (χ0) is 13.8. The average molecular weight is 261 g/mol. The third kappa shape index (κ3) is 3.26. The molecule has 0 saturated carbocycles. The van der Waals surface area contributed by atoms with E-state index in [4.69, 9.17) is 0 Å². The number of hydrogen-bond acceptors (Lipinski definition) is 3. The van der Waals surface area contributed by atoms with E-state index in [9.17, 15) is 4.79 Å². The van der Waals surface area contributed by atoms with Crippen molar-refractivity contribution >= 4 is 11.6 Å². The highest BCUT2D eigenvalue weighted by Crippen LogP contribution is 2.31. The number of hydrogen-bond donors (Lipinski definition) is 2. The van der Waals surface area contributed by atoms with Gasteiger partial charge in [0.1, 0.15) is 0 Å². The van der Waals surface area contributed by atoms with Crippen LogP contribution in [0.5, 0.6) is 0 Å². The van der Waals surface area contributed by atoms with Gasteiger partial charge in [0, 0.05) is 24.8 Å². The molecule has 4 nitrogen and oxygen atoms in total. The summed E-state index contributed by atoms with van der Waals surface area (Å²) < 4.78 is 0. The maximum atomic E-state index is 12.3. The van der Waals surface area contributed by atoms with Crippen molar-refractivity contribution in [2.75, 3.05) is 32.5 Å². The summed E-state index contributed by atoms with van der Waals surface area (Å²) in [5.41, 5.74) is 2.21. The molecule has 2 rings (SSSR count). The zero-order valence-electron chi connectivity index (χ0n) is 11.9. The van der Waals surface area contributed by atoms with Crippen molar-refractivity contribution in [3.63, 3.8) is 0 Å². The number of carbonyl (C=O) groups excluding carboxylic acids is 1. The molecule has 1 heterocycles. The number of nitrogens with zero attached hydrogens (tertiary/aromatic N) is 1. The number of rotatable bonds is 4. The standard InChI is InChI=1S/C15H23N3O/c1-11(18(2)3)10-17-15(19)13-8-9-16-14-7-5-4-6-12(13)14/h4-7,11,13,16H,8-10H2,1-3H3,(H,17,19). The summed E-state index contributed by atoms with van der Waals surface area (Å²) in [7, 11) is 4.05. The van der Waals surface area contributed by atoms with Crippen molar-refractivity contribution in [3.8, 4) is 0 Å². The smallest absolute Gasteiger partial charge is 0.227 e. The first-order valence-electron chi connectivity index (χ1n) is 6.86. The van der Waals surface area contributed by atoms with E-state index < -0.39 is 0 Å². The highest BCUT2D eigenvalue weighted by molar-refractivity contribution is 5.86. The van der Waals surface area contributed by atoms with Crippen LogP contribution in [0.25, 0.3) is 0 Å². The predicted octanol–water partition coefficient (Wildman–Crippen LogP) is 1.65. The molecule has 2 unspecified atom stereocenters. The Kier molecular flexibility index (Phi) is 4.43. The molecule has 0 saturated heterocycles. The number of nitrogens with one attached hydrogen (secondary N) is 2. The Bertz CT molecular complexity index is 445. The molecule has 2 atom stereocenters. The zero-order valence-corrected chi connectivity index (χ0v) is 11.9. The summed E-state index contributed by atoms with van der Waals surface area (Å²) >= 11 is 0. The SMILES string of the molecule is CC(CNC(=O)C1CCNc2ccccc21)N(C)C. The van der Waals surface area contributed by atoms with Gasteiger partial charge in [0.05, 0.1) is 5.92 Å². The minimum atomic E-state index is -0.0215. The summed E-state index contributed by atoms with van der Waals surface area (Å²) in [6.07, 6.45) is 0.860. The van der Waals surface area contributed by atoms with Gasteiger partial charge in [-0.3, -0.25) is 4.79 Å². The number of para-hydroxylation sites is 1. The van der Waals surface area contributed by atoms with E-state index in [-0.39, 0.29) is 11.8 Å². The molecule has 0 fully saturated rings. The second kappa shape index (κ2) is 6.06. The Balaban J connectivity index is 2.01.